The summed E-state index contributed by atoms with van der Waals surface area (Å²) in [7, 11) is 0. The van der Waals surface area contributed by atoms with Crippen molar-refractivity contribution in [2.24, 2.45) is 0 Å². The van der Waals surface area contributed by atoms with Gasteiger partial charge in [-0.05, 0) is 11.1 Å². The SMILES string of the molecule is C[Si](C)=[Zr+2].Cc1cc2c(-c3ccccc3)cccc2[cH-]1.Cc1cc2c(-c3ccccc3)cccc2[cH-]1.[Cl-].[Cl-]. The molecule has 0 nitrogen and oxygen atoms in total. The topological polar surface area (TPSA) is 0 Å². The summed E-state index contributed by atoms with van der Waals surface area (Å²) in [6, 6.07) is 43.1. The molecule has 6 aromatic carbocycles. The summed E-state index contributed by atoms with van der Waals surface area (Å²) in [5, 5.41) is 5.37. The van der Waals surface area contributed by atoms with Crippen molar-refractivity contribution in [3.63, 3.8) is 0 Å². The van der Waals surface area contributed by atoms with Crippen molar-refractivity contribution >= 4 is 27.0 Å². The van der Waals surface area contributed by atoms with E-state index in [9.17, 15) is 0 Å². The molecular formula is C34H32Cl2SiZr-2. The van der Waals surface area contributed by atoms with Crippen molar-refractivity contribution in [3.05, 3.63) is 132 Å². The van der Waals surface area contributed by atoms with E-state index in [2.05, 4.69) is 148 Å². The monoisotopic (exact) mass is 628 g/mol. The van der Waals surface area contributed by atoms with E-state index in [4.69, 9.17) is 0 Å². The molecule has 0 aliphatic heterocycles. The second-order valence-corrected chi connectivity index (χ2v) is 18.8. The van der Waals surface area contributed by atoms with Gasteiger partial charge >= 0.3 is 41.9 Å². The van der Waals surface area contributed by atoms with Gasteiger partial charge in [-0.2, -0.15) is 12.1 Å². The van der Waals surface area contributed by atoms with Gasteiger partial charge in [0.1, 0.15) is 0 Å². The Morgan fingerprint density at radius 3 is 1.21 bits per heavy atom. The Morgan fingerprint density at radius 2 is 0.868 bits per heavy atom. The Balaban J connectivity index is 0.000000224. The van der Waals surface area contributed by atoms with E-state index in [1.807, 2.05) is 0 Å². The van der Waals surface area contributed by atoms with E-state index in [-0.39, 0.29) is 30.2 Å². The first-order chi connectivity index (χ1) is 17.4. The van der Waals surface area contributed by atoms with Crippen LogP contribution in [0.1, 0.15) is 11.1 Å². The summed E-state index contributed by atoms with van der Waals surface area (Å²) in [5.41, 5.74) is 8.11. The molecule has 192 valence electrons. The van der Waals surface area contributed by atoms with Crippen molar-refractivity contribution in [1.29, 1.82) is 0 Å². The molecule has 0 heterocycles. The molecule has 0 bridgehead atoms. The third-order valence-electron chi connectivity index (χ3n) is 5.96. The molecule has 0 unspecified atom stereocenters. The fourth-order valence-corrected chi connectivity index (χ4v) is 4.51. The van der Waals surface area contributed by atoms with Crippen LogP contribution in [0.4, 0.5) is 0 Å². The minimum atomic E-state index is 0. The molecule has 6 rings (SSSR count). The number of halogens is 2. The molecule has 0 aromatic heterocycles. The van der Waals surface area contributed by atoms with E-state index >= 15 is 0 Å². The van der Waals surface area contributed by atoms with Gasteiger partial charge in [0.2, 0.25) is 0 Å². The van der Waals surface area contributed by atoms with Crippen molar-refractivity contribution < 1.29 is 48.1 Å². The number of rotatable bonds is 2. The van der Waals surface area contributed by atoms with Crippen LogP contribution in [0.5, 0.6) is 0 Å². The number of fused-ring (bicyclic) bond motifs is 2. The Kier molecular flexibility index (Phi) is 13.0. The molecule has 0 saturated carbocycles. The standard InChI is InChI=1S/2C16H13.C2H6Si.2ClH.Zr/c2*1-12-10-14-8-5-9-15(16(14)11-12)13-6-3-2-4-7-13;1-3-2;;;/h2*2-11H,1H3;1-2H3;2*1H;/q2*-1;;;;+2/p-2. The fraction of sp³-hybridized carbons (Fsp3) is 0.118. The van der Waals surface area contributed by atoms with Crippen LogP contribution in [0.3, 0.4) is 0 Å². The summed E-state index contributed by atoms with van der Waals surface area (Å²) in [5.74, 6) is 0. The van der Waals surface area contributed by atoms with Gasteiger partial charge < -0.3 is 24.8 Å². The number of hydrogen-bond donors (Lipinski definition) is 0. The van der Waals surface area contributed by atoms with Crippen LogP contribution >= 0.6 is 0 Å². The first-order valence-corrected chi connectivity index (χ1v) is 18.6. The van der Waals surface area contributed by atoms with Gasteiger partial charge in [-0.1, -0.05) is 97.8 Å². The maximum atomic E-state index is 2.31. The largest absolute Gasteiger partial charge is 1.00 e. The van der Waals surface area contributed by atoms with Gasteiger partial charge in [-0.3, -0.25) is 0 Å². The van der Waals surface area contributed by atoms with E-state index in [0.29, 0.717) is 0 Å². The summed E-state index contributed by atoms with van der Waals surface area (Å²) < 4.78 is 0. The van der Waals surface area contributed by atoms with E-state index in [0.717, 1.165) is 0 Å². The van der Waals surface area contributed by atoms with Crippen LogP contribution in [0.2, 0.25) is 13.1 Å². The Bertz CT molecular complexity index is 1460. The van der Waals surface area contributed by atoms with Crippen LogP contribution < -0.4 is 24.8 Å². The number of benzene rings is 4. The molecule has 6 aromatic rings. The van der Waals surface area contributed by atoms with Gasteiger partial charge in [-0.25, -0.2) is 0 Å². The second kappa shape index (κ2) is 15.4. The zero-order chi connectivity index (χ0) is 25.5. The molecule has 0 saturated heterocycles. The predicted molar refractivity (Wildman–Crippen MR) is 157 cm³/mol. The van der Waals surface area contributed by atoms with Crippen molar-refractivity contribution in [1.82, 2.24) is 0 Å². The van der Waals surface area contributed by atoms with E-state index in [1.54, 1.807) is 23.3 Å². The van der Waals surface area contributed by atoms with Gasteiger partial charge in [0, 0.05) is 0 Å². The molecule has 0 N–H and O–H groups in total. The quantitative estimate of drug-likeness (QED) is 0.202. The molecule has 0 amide bonds. The number of hydrogen-bond acceptors (Lipinski definition) is 0. The Hall–Kier alpha value is -2.22. The average Bonchev–Trinajstić information content (AvgIpc) is 3.45. The van der Waals surface area contributed by atoms with Crippen molar-refractivity contribution in [3.8, 4) is 22.3 Å². The van der Waals surface area contributed by atoms with Gasteiger partial charge in [0.25, 0.3) is 0 Å². The molecule has 0 atom stereocenters. The van der Waals surface area contributed by atoms with Crippen molar-refractivity contribution in [2.45, 2.75) is 26.9 Å². The first kappa shape index (κ1) is 32.0. The summed E-state index contributed by atoms with van der Waals surface area (Å²) >= 11 is 1.74. The van der Waals surface area contributed by atoms with Gasteiger partial charge in [0.15, 0.2) is 0 Å². The van der Waals surface area contributed by atoms with E-state index in [1.165, 1.54) is 54.9 Å². The molecule has 4 heteroatoms. The van der Waals surface area contributed by atoms with Crippen LogP contribution in [-0.2, 0) is 23.3 Å². The second-order valence-electron chi connectivity index (χ2n) is 9.41. The van der Waals surface area contributed by atoms with Crippen LogP contribution in [-0.4, -0.2) is 5.43 Å². The van der Waals surface area contributed by atoms with Crippen LogP contribution in [0, 0.1) is 13.8 Å². The van der Waals surface area contributed by atoms with Gasteiger partial charge in [0.05, 0.1) is 0 Å². The Labute approximate surface area is 255 Å². The first-order valence-electron chi connectivity index (χ1n) is 12.4. The summed E-state index contributed by atoms with van der Waals surface area (Å²) in [4.78, 5) is 0. The fourth-order valence-electron chi connectivity index (χ4n) is 4.51. The van der Waals surface area contributed by atoms with Crippen LogP contribution in [0.25, 0.3) is 43.8 Å². The third-order valence-corrected chi connectivity index (χ3v) is 5.96. The maximum absolute atomic E-state index is 2.31. The molecule has 0 radical (unpaired) electrons. The molecule has 0 fully saturated rings. The summed E-state index contributed by atoms with van der Waals surface area (Å²) in [6.07, 6.45) is 0. The molecule has 0 spiro atoms. The molecule has 0 aliphatic rings. The average molecular weight is 631 g/mol. The normalized spacial score (nSPS) is 9.84. The zero-order valence-corrected chi connectivity index (χ0v) is 27.3. The zero-order valence-electron chi connectivity index (χ0n) is 22.3. The smallest absolute Gasteiger partial charge is 0.0279 e. The number of aryl methyl sites for hydroxylation is 2. The van der Waals surface area contributed by atoms with E-state index < -0.39 is 0 Å². The summed E-state index contributed by atoms with van der Waals surface area (Å²) in [6.45, 7) is 8.91. The molecular weight excluding hydrogens is 599 g/mol. The maximum Gasteiger partial charge on any atom is -0.0279 e. The predicted octanol–water partition coefficient (Wildman–Crippen LogP) is 3.86. The molecule has 38 heavy (non-hydrogen) atoms. The minimum absolute atomic E-state index is 0. The Morgan fingerprint density at radius 1 is 0.526 bits per heavy atom. The minimum Gasteiger partial charge on any atom is -1.00 e. The van der Waals surface area contributed by atoms with Crippen molar-refractivity contribution in [2.75, 3.05) is 0 Å². The third kappa shape index (κ3) is 8.39. The van der Waals surface area contributed by atoms with Crippen LogP contribution in [0.15, 0.2) is 121 Å². The molecule has 0 aliphatic carbocycles. The van der Waals surface area contributed by atoms with Gasteiger partial charge in [-0.15, -0.1) is 69.1 Å².